The zero-order valence-electron chi connectivity index (χ0n) is 17.6. The summed E-state index contributed by atoms with van der Waals surface area (Å²) in [5.41, 5.74) is 1.35. The number of hydrogen-bond donors (Lipinski definition) is 1. The predicted octanol–water partition coefficient (Wildman–Crippen LogP) is 5.20. The second-order valence-corrected chi connectivity index (χ2v) is 10.3. The van der Waals surface area contributed by atoms with E-state index in [1.54, 1.807) is 12.1 Å². The zero-order valence-corrected chi connectivity index (χ0v) is 19.2. The lowest BCUT2D eigenvalue weighted by Gasteiger charge is -2.29. The molecule has 3 rings (SSSR count). The number of para-hydroxylation sites is 2. The van der Waals surface area contributed by atoms with Gasteiger partial charge in [0.15, 0.2) is 11.6 Å². The highest BCUT2D eigenvalue weighted by molar-refractivity contribution is 7.92. The third-order valence-corrected chi connectivity index (χ3v) is 5.98. The summed E-state index contributed by atoms with van der Waals surface area (Å²) in [6.07, 6.45) is 0. The summed E-state index contributed by atoms with van der Waals surface area (Å²) in [4.78, 5) is 11.6. The molecule has 0 fully saturated rings. The Morgan fingerprint density at radius 2 is 1.43 bits per heavy atom. The van der Waals surface area contributed by atoms with Gasteiger partial charge in [-0.05, 0) is 48.2 Å². The van der Waals surface area contributed by atoms with Crippen molar-refractivity contribution < 1.29 is 8.42 Å². The van der Waals surface area contributed by atoms with Crippen LogP contribution in [0, 0.1) is 11.8 Å². The molecule has 0 amide bonds. The lowest BCUT2D eigenvalue weighted by atomic mass is 10.1. The molecule has 6 nitrogen and oxygen atoms in total. The third kappa shape index (κ3) is 5.40. The van der Waals surface area contributed by atoms with E-state index in [0.29, 0.717) is 28.2 Å². The van der Waals surface area contributed by atoms with Gasteiger partial charge in [-0.1, -0.05) is 51.4 Å². The molecular formula is C22H27ClN4O2S. The van der Waals surface area contributed by atoms with E-state index in [-0.39, 0.29) is 10.7 Å². The number of sulfonamides is 1. The Kier molecular flexibility index (Phi) is 6.83. The van der Waals surface area contributed by atoms with Crippen LogP contribution in [-0.4, -0.2) is 31.5 Å². The van der Waals surface area contributed by atoms with Crippen LogP contribution in [0.1, 0.15) is 27.7 Å². The summed E-state index contributed by atoms with van der Waals surface area (Å²) in [5, 5.41) is 0.472. The molecule has 0 unspecified atom stereocenters. The lowest BCUT2D eigenvalue weighted by molar-refractivity contribution is 0.549. The van der Waals surface area contributed by atoms with Gasteiger partial charge in [0.2, 0.25) is 0 Å². The maximum absolute atomic E-state index is 13.0. The Bertz CT molecular complexity index is 1110. The summed E-state index contributed by atoms with van der Waals surface area (Å²) in [6, 6.07) is 13.5. The molecule has 3 aromatic rings. The Balaban J connectivity index is 2.11. The highest BCUT2D eigenvalue weighted by atomic mass is 35.5. The quantitative estimate of drug-likeness (QED) is 0.514. The molecule has 0 spiro atoms. The van der Waals surface area contributed by atoms with Crippen LogP contribution in [0.25, 0.3) is 11.0 Å². The first-order valence-corrected chi connectivity index (χ1v) is 11.8. The largest absolute Gasteiger partial charge is 0.353 e. The molecule has 0 bridgehead atoms. The Morgan fingerprint density at radius 3 is 1.97 bits per heavy atom. The summed E-state index contributed by atoms with van der Waals surface area (Å²) in [6.45, 7) is 9.97. The summed E-state index contributed by atoms with van der Waals surface area (Å²) in [5.74, 6) is 1.51. The fourth-order valence-electron chi connectivity index (χ4n) is 3.21. The van der Waals surface area contributed by atoms with Crippen LogP contribution in [0.5, 0.6) is 0 Å². The molecule has 1 aromatic heterocycles. The van der Waals surface area contributed by atoms with Crippen molar-refractivity contribution >= 4 is 44.3 Å². The van der Waals surface area contributed by atoms with Crippen molar-refractivity contribution in [1.82, 2.24) is 9.97 Å². The highest BCUT2D eigenvalue weighted by Gasteiger charge is 2.23. The van der Waals surface area contributed by atoms with E-state index >= 15 is 0 Å². The Morgan fingerprint density at radius 1 is 0.900 bits per heavy atom. The van der Waals surface area contributed by atoms with Crippen molar-refractivity contribution in [2.75, 3.05) is 22.7 Å². The topological polar surface area (TPSA) is 75.2 Å². The molecule has 0 saturated carbocycles. The number of nitrogens with one attached hydrogen (secondary N) is 1. The van der Waals surface area contributed by atoms with Gasteiger partial charge >= 0.3 is 0 Å². The molecular weight excluding hydrogens is 420 g/mol. The van der Waals surface area contributed by atoms with Crippen LogP contribution in [0.2, 0.25) is 5.02 Å². The maximum atomic E-state index is 13.0. The summed E-state index contributed by atoms with van der Waals surface area (Å²) >= 11 is 5.91. The molecule has 1 N–H and O–H groups in total. The molecule has 8 heteroatoms. The summed E-state index contributed by atoms with van der Waals surface area (Å²) in [7, 11) is -3.85. The first-order valence-electron chi connectivity index (χ1n) is 9.96. The van der Waals surface area contributed by atoms with Crippen LogP contribution < -0.4 is 9.62 Å². The standard InChI is InChI=1S/C22H27ClN4O2S/c1-15(2)13-27(14-16(3)4)22-21(24-19-7-5-6-8-20(19)25-22)26-30(28,29)18-11-9-17(23)10-12-18/h5-12,15-16H,13-14H2,1-4H3,(H,24,26). The van der Waals surface area contributed by atoms with Crippen LogP contribution >= 0.6 is 11.6 Å². The van der Waals surface area contributed by atoms with Crippen molar-refractivity contribution in [1.29, 1.82) is 0 Å². The Labute approximate surface area is 183 Å². The van der Waals surface area contributed by atoms with Gasteiger partial charge in [0, 0.05) is 18.1 Å². The van der Waals surface area contributed by atoms with E-state index in [1.165, 1.54) is 12.1 Å². The van der Waals surface area contributed by atoms with E-state index in [1.807, 2.05) is 24.3 Å². The molecule has 0 aliphatic rings. The minimum absolute atomic E-state index is 0.118. The number of aromatic nitrogens is 2. The van der Waals surface area contributed by atoms with E-state index in [9.17, 15) is 8.42 Å². The number of nitrogens with zero attached hydrogens (tertiary/aromatic N) is 3. The number of anilines is 2. The average Bonchev–Trinajstić information content (AvgIpc) is 2.66. The summed E-state index contributed by atoms with van der Waals surface area (Å²) < 4.78 is 28.7. The van der Waals surface area contributed by atoms with Gasteiger partial charge in [-0.15, -0.1) is 0 Å². The number of hydrogen-bond acceptors (Lipinski definition) is 5. The van der Waals surface area contributed by atoms with Crippen LogP contribution in [-0.2, 0) is 10.0 Å². The molecule has 30 heavy (non-hydrogen) atoms. The predicted molar refractivity (Wildman–Crippen MR) is 124 cm³/mol. The Hall–Kier alpha value is -2.38. The minimum Gasteiger partial charge on any atom is -0.353 e. The molecule has 0 saturated heterocycles. The number of rotatable bonds is 8. The normalized spacial score (nSPS) is 12.0. The van der Waals surface area contributed by atoms with E-state index in [4.69, 9.17) is 16.6 Å². The van der Waals surface area contributed by atoms with Gasteiger partial charge in [-0.25, -0.2) is 18.4 Å². The van der Waals surface area contributed by atoms with E-state index < -0.39 is 10.0 Å². The first-order chi connectivity index (χ1) is 14.2. The van der Waals surface area contributed by atoms with Crippen LogP contribution in [0.3, 0.4) is 0 Å². The fraction of sp³-hybridized carbons (Fsp3) is 0.364. The second kappa shape index (κ2) is 9.18. The molecule has 0 aliphatic heterocycles. The van der Waals surface area contributed by atoms with Crippen molar-refractivity contribution in [2.24, 2.45) is 11.8 Å². The number of fused-ring (bicyclic) bond motifs is 1. The van der Waals surface area contributed by atoms with Crippen molar-refractivity contribution in [3.8, 4) is 0 Å². The van der Waals surface area contributed by atoms with Crippen molar-refractivity contribution in [2.45, 2.75) is 32.6 Å². The molecule has 0 radical (unpaired) electrons. The van der Waals surface area contributed by atoms with Gasteiger partial charge in [0.05, 0.1) is 15.9 Å². The minimum atomic E-state index is -3.85. The van der Waals surface area contributed by atoms with E-state index in [2.05, 4.69) is 42.3 Å². The zero-order chi connectivity index (χ0) is 21.9. The molecule has 1 heterocycles. The van der Waals surface area contributed by atoms with Gasteiger partial charge < -0.3 is 4.90 Å². The number of benzene rings is 2. The maximum Gasteiger partial charge on any atom is 0.263 e. The highest BCUT2D eigenvalue weighted by Crippen LogP contribution is 2.29. The van der Waals surface area contributed by atoms with Crippen molar-refractivity contribution in [3.63, 3.8) is 0 Å². The SMILES string of the molecule is CC(C)CN(CC(C)C)c1nc2ccccc2nc1NS(=O)(=O)c1ccc(Cl)cc1. The van der Waals surface area contributed by atoms with Crippen LogP contribution in [0.15, 0.2) is 53.4 Å². The van der Waals surface area contributed by atoms with Gasteiger partial charge in [0.25, 0.3) is 10.0 Å². The van der Waals surface area contributed by atoms with Gasteiger partial charge in [-0.3, -0.25) is 4.72 Å². The van der Waals surface area contributed by atoms with E-state index in [0.717, 1.165) is 18.6 Å². The second-order valence-electron chi connectivity index (χ2n) is 8.14. The average molecular weight is 447 g/mol. The smallest absolute Gasteiger partial charge is 0.263 e. The number of halogens is 1. The molecule has 2 aromatic carbocycles. The third-order valence-electron chi connectivity index (χ3n) is 4.38. The molecule has 0 atom stereocenters. The fourth-order valence-corrected chi connectivity index (χ4v) is 4.34. The first kappa shape index (κ1) is 22.3. The van der Waals surface area contributed by atoms with Crippen LogP contribution in [0.4, 0.5) is 11.6 Å². The van der Waals surface area contributed by atoms with Crippen molar-refractivity contribution in [3.05, 3.63) is 53.6 Å². The molecule has 160 valence electrons. The van der Waals surface area contributed by atoms with Gasteiger partial charge in [-0.2, -0.15) is 0 Å². The molecule has 0 aliphatic carbocycles. The van der Waals surface area contributed by atoms with Gasteiger partial charge in [0.1, 0.15) is 0 Å². The lowest BCUT2D eigenvalue weighted by Crippen LogP contribution is -2.33. The monoisotopic (exact) mass is 446 g/mol.